The van der Waals surface area contributed by atoms with Gasteiger partial charge in [0.1, 0.15) is 0 Å². The molecule has 178 valence electrons. The van der Waals surface area contributed by atoms with Crippen LogP contribution in [0.2, 0.25) is 0 Å². The normalized spacial score (nSPS) is 16.0. The lowest BCUT2D eigenvalue weighted by atomic mass is 9.92. The van der Waals surface area contributed by atoms with E-state index in [0.29, 0.717) is 16.9 Å². The Morgan fingerprint density at radius 3 is 2.56 bits per heavy atom. The molecule has 8 nitrogen and oxygen atoms in total. The molecule has 2 amide bonds. The van der Waals surface area contributed by atoms with E-state index < -0.39 is 5.91 Å². The number of aromatic nitrogens is 3. The molecule has 34 heavy (non-hydrogen) atoms. The summed E-state index contributed by atoms with van der Waals surface area (Å²) in [5.41, 5.74) is 10.6. The molecule has 1 aromatic carbocycles. The van der Waals surface area contributed by atoms with Gasteiger partial charge in [-0.2, -0.15) is 5.10 Å². The first kappa shape index (κ1) is 23.5. The Labute approximate surface area is 200 Å². The lowest BCUT2D eigenvalue weighted by Crippen LogP contribution is -2.21. The number of hydrogen-bond acceptors (Lipinski definition) is 5. The monoisotopic (exact) mass is 460 g/mol. The maximum atomic E-state index is 13.0. The SMILES string of the molecule is Cc1ccc(C(=O)Nc2cc(C(C)(C)C)n(C)n2)cc1[C@@H]1CCN(c2cncc(C(N)=O)c2)C1. The van der Waals surface area contributed by atoms with E-state index in [-0.39, 0.29) is 17.2 Å². The van der Waals surface area contributed by atoms with Crippen LogP contribution < -0.4 is 16.0 Å². The summed E-state index contributed by atoms with van der Waals surface area (Å²) in [5, 5.41) is 7.41. The molecule has 0 saturated carbocycles. The van der Waals surface area contributed by atoms with E-state index in [1.807, 2.05) is 36.0 Å². The Morgan fingerprint density at radius 2 is 1.88 bits per heavy atom. The van der Waals surface area contributed by atoms with Gasteiger partial charge in [-0.05, 0) is 42.7 Å². The van der Waals surface area contributed by atoms with Crippen molar-refractivity contribution < 1.29 is 9.59 Å². The van der Waals surface area contributed by atoms with Crippen molar-refractivity contribution in [1.82, 2.24) is 14.8 Å². The fraction of sp³-hybridized carbons (Fsp3) is 0.385. The molecule has 1 aliphatic rings. The Balaban J connectivity index is 1.51. The number of aryl methyl sites for hydroxylation is 2. The number of carbonyl (C=O) groups is 2. The van der Waals surface area contributed by atoms with Crippen molar-refractivity contribution in [3.8, 4) is 0 Å². The smallest absolute Gasteiger partial charge is 0.256 e. The maximum Gasteiger partial charge on any atom is 0.256 e. The Hall–Kier alpha value is -3.68. The molecule has 3 aromatic rings. The van der Waals surface area contributed by atoms with Gasteiger partial charge >= 0.3 is 0 Å². The van der Waals surface area contributed by atoms with E-state index in [1.54, 1.807) is 12.3 Å². The number of anilines is 2. The van der Waals surface area contributed by atoms with Crippen molar-refractivity contribution in [1.29, 1.82) is 0 Å². The summed E-state index contributed by atoms with van der Waals surface area (Å²) < 4.78 is 1.81. The molecule has 4 rings (SSSR count). The van der Waals surface area contributed by atoms with Crippen molar-refractivity contribution in [2.24, 2.45) is 12.8 Å². The van der Waals surface area contributed by atoms with Gasteiger partial charge in [0.15, 0.2) is 5.82 Å². The van der Waals surface area contributed by atoms with E-state index in [1.165, 1.54) is 6.20 Å². The fourth-order valence-electron chi connectivity index (χ4n) is 4.62. The van der Waals surface area contributed by atoms with Crippen LogP contribution >= 0.6 is 0 Å². The van der Waals surface area contributed by atoms with Gasteiger partial charge < -0.3 is 16.0 Å². The zero-order chi connectivity index (χ0) is 24.6. The van der Waals surface area contributed by atoms with Crippen molar-refractivity contribution in [3.63, 3.8) is 0 Å². The van der Waals surface area contributed by atoms with Crippen LogP contribution in [0.15, 0.2) is 42.7 Å². The Morgan fingerprint density at radius 1 is 1.12 bits per heavy atom. The Kier molecular flexibility index (Phi) is 6.17. The second-order valence-electron chi connectivity index (χ2n) is 10.0. The number of rotatable bonds is 5. The molecule has 1 atom stereocenters. The molecule has 1 saturated heterocycles. The second kappa shape index (κ2) is 8.93. The van der Waals surface area contributed by atoms with Crippen LogP contribution in [0.1, 0.15) is 70.6 Å². The summed E-state index contributed by atoms with van der Waals surface area (Å²) in [5.74, 6) is 0.163. The molecule has 3 N–H and O–H groups in total. The van der Waals surface area contributed by atoms with Gasteiger partial charge in [0.25, 0.3) is 5.91 Å². The minimum atomic E-state index is -0.484. The maximum absolute atomic E-state index is 13.0. The molecule has 0 radical (unpaired) electrons. The zero-order valence-corrected chi connectivity index (χ0v) is 20.4. The summed E-state index contributed by atoms with van der Waals surface area (Å²) in [6.45, 7) is 10.1. The molecule has 1 aliphatic heterocycles. The number of benzene rings is 1. The van der Waals surface area contributed by atoms with Crippen LogP contribution in [-0.4, -0.2) is 39.7 Å². The summed E-state index contributed by atoms with van der Waals surface area (Å²) in [6.07, 6.45) is 4.18. The van der Waals surface area contributed by atoms with Crippen LogP contribution in [0, 0.1) is 6.92 Å². The molecule has 0 unspecified atom stereocenters. The number of pyridine rings is 1. The predicted octanol–water partition coefficient (Wildman–Crippen LogP) is 3.77. The predicted molar refractivity (Wildman–Crippen MR) is 133 cm³/mol. The second-order valence-corrected chi connectivity index (χ2v) is 10.0. The molecule has 8 heteroatoms. The highest BCUT2D eigenvalue weighted by atomic mass is 16.2. The quantitative estimate of drug-likeness (QED) is 0.603. The van der Waals surface area contributed by atoms with E-state index in [2.05, 4.69) is 48.0 Å². The average molecular weight is 461 g/mol. The molecule has 0 spiro atoms. The summed E-state index contributed by atoms with van der Waals surface area (Å²) in [7, 11) is 1.89. The first-order valence-electron chi connectivity index (χ1n) is 11.5. The van der Waals surface area contributed by atoms with Crippen molar-refractivity contribution >= 4 is 23.3 Å². The molecule has 2 aromatic heterocycles. The number of nitrogens with two attached hydrogens (primary N) is 1. The summed E-state index contributed by atoms with van der Waals surface area (Å²) >= 11 is 0. The molecule has 0 bridgehead atoms. The number of amides is 2. The van der Waals surface area contributed by atoms with Crippen molar-refractivity contribution in [2.45, 2.75) is 45.4 Å². The lowest BCUT2D eigenvalue weighted by molar-refractivity contribution is 0.0997. The molecule has 0 aliphatic carbocycles. The van der Waals surface area contributed by atoms with Crippen molar-refractivity contribution in [3.05, 3.63) is 70.7 Å². The number of nitrogens with zero attached hydrogens (tertiary/aromatic N) is 4. The van der Waals surface area contributed by atoms with Crippen LogP contribution in [0.5, 0.6) is 0 Å². The van der Waals surface area contributed by atoms with E-state index in [0.717, 1.165) is 42.0 Å². The van der Waals surface area contributed by atoms with Gasteiger partial charge in [-0.3, -0.25) is 19.3 Å². The van der Waals surface area contributed by atoms with Crippen LogP contribution in [-0.2, 0) is 12.5 Å². The largest absolute Gasteiger partial charge is 0.370 e. The van der Waals surface area contributed by atoms with Crippen LogP contribution in [0.4, 0.5) is 11.5 Å². The minimum absolute atomic E-state index is 0.0669. The standard InChI is InChI=1S/C26H32N6O2/c1-16-6-7-17(25(34)29-23-12-22(26(2,3)4)31(5)30-23)11-21(16)18-8-9-32(15-18)20-10-19(24(27)33)13-28-14-20/h6-7,10-14,18H,8-9,15H2,1-5H3,(H2,27,33)(H,29,30,34)/t18-/m1/s1. The van der Waals surface area contributed by atoms with Crippen LogP contribution in [0.3, 0.4) is 0 Å². The topological polar surface area (TPSA) is 106 Å². The minimum Gasteiger partial charge on any atom is -0.370 e. The first-order chi connectivity index (χ1) is 16.0. The van der Waals surface area contributed by atoms with Crippen LogP contribution in [0.25, 0.3) is 0 Å². The highest BCUT2D eigenvalue weighted by Crippen LogP contribution is 2.33. The number of carbonyl (C=O) groups excluding carboxylic acids is 2. The van der Waals surface area contributed by atoms with Gasteiger partial charge in [0, 0.05) is 55.0 Å². The molecule has 3 heterocycles. The number of hydrogen-bond donors (Lipinski definition) is 2. The molecular weight excluding hydrogens is 428 g/mol. The summed E-state index contributed by atoms with van der Waals surface area (Å²) in [6, 6.07) is 9.56. The van der Waals surface area contributed by atoms with E-state index in [9.17, 15) is 9.59 Å². The summed E-state index contributed by atoms with van der Waals surface area (Å²) in [4.78, 5) is 30.9. The number of primary amides is 1. The van der Waals surface area contributed by atoms with E-state index >= 15 is 0 Å². The Bertz CT molecular complexity index is 1240. The van der Waals surface area contributed by atoms with Gasteiger partial charge in [-0.15, -0.1) is 0 Å². The van der Waals surface area contributed by atoms with Gasteiger partial charge in [-0.25, -0.2) is 0 Å². The van der Waals surface area contributed by atoms with Crippen molar-refractivity contribution in [2.75, 3.05) is 23.3 Å². The van der Waals surface area contributed by atoms with Gasteiger partial charge in [-0.1, -0.05) is 26.8 Å². The zero-order valence-electron chi connectivity index (χ0n) is 20.4. The number of nitrogens with one attached hydrogen (secondary N) is 1. The fourth-order valence-corrected chi connectivity index (χ4v) is 4.62. The highest BCUT2D eigenvalue weighted by molar-refractivity contribution is 6.04. The van der Waals surface area contributed by atoms with Gasteiger partial charge in [0.05, 0.1) is 17.4 Å². The third-order valence-electron chi connectivity index (χ3n) is 6.43. The third kappa shape index (κ3) is 4.81. The van der Waals surface area contributed by atoms with E-state index in [4.69, 9.17) is 5.73 Å². The van der Waals surface area contributed by atoms with Gasteiger partial charge in [0.2, 0.25) is 5.91 Å². The highest BCUT2D eigenvalue weighted by Gasteiger charge is 2.27. The molecule has 1 fully saturated rings. The average Bonchev–Trinajstić information content (AvgIpc) is 3.41. The molecular formula is C26H32N6O2. The first-order valence-corrected chi connectivity index (χ1v) is 11.5. The lowest BCUT2D eigenvalue weighted by Gasteiger charge is -2.20. The third-order valence-corrected chi connectivity index (χ3v) is 6.43.